The molecule has 0 N–H and O–H groups in total. The molecule has 1 saturated carbocycles. The molecule has 0 unspecified atom stereocenters. The number of nitrogens with zero attached hydrogens (tertiary/aromatic N) is 3. The molecule has 9 heteroatoms. The van der Waals surface area contributed by atoms with Crippen LogP contribution in [0.15, 0.2) is 29.2 Å². The molecule has 2 aliphatic heterocycles. The quantitative estimate of drug-likeness (QED) is 0.725. The lowest BCUT2D eigenvalue weighted by Crippen LogP contribution is -2.50. The summed E-state index contributed by atoms with van der Waals surface area (Å²) in [6.45, 7) is 0.761. The fraction of sp³-hybridized carbons (Fsp3) is 0.600. The number of amides is 2. The van der Waals surface area contributed by atoms with Gasteiger partial charge in [0.1, 0.15) is 16.7 Å². The fourth-order valence-corrected chi connectivity index (χ4v) is 5.79. The molecule has 0 aromatic heterocycles. The molecule has 1 aromatic rings. The third-order valence-electron chi connectivity index (χ3n) is 5.92. The first-order valence-corrected chi connectivity index (χ1v) is 11.5. The topological polar surface area (TPSA) is 87.2 Å². The molecule has 4 rings (SSSR count). The van der Waals surface area contributed by atoms with Crippen LogP contribution in [0.25, 0.3) is 0 Å². The smallest absolute Gasteiger partial charge is 0.247 e. The first-order chi connectivity index (χ1) is 13.8. The van der Waals surface area contributed by atoms with Crippen LogP contribution in [0, 0.1) is 5.92 Å². The minimum Gasteiger partial charge on any atom is -0.487 e. The van der Waals surface area contributed by atoms with Crippen molar-refractivity contribution in [1.82, 2.24) is 14.1 Å². The Hall–Kier alpha value is -2.13. The summed E-state index contributed by atoms with van der Waals surface area (Å²) >= 11 is 0. The SMILES string of the molecule is CN(C)C(=O)CN1[C@@H]2CCN(C(=O)C3CC3)CC[C@H]2Oc2ccccc2S1(=O)=O. The van der Waals surface area contributed by atoms with Gasteiger partial charge < -0.3 is 14.5 Å². The summed E-state index contributed by atoms with van der Waals surface area (Å²) in [5.41, 5.74) is 0. The summed E-state index contributed by atoms with van der Waals surface area (Å²) < 4.78 is 34.4. The molecular formula is C20H27N3O5S. The largest absolute Gasteiger partial charge is 0.487 e. The second-order valence-electron chi connectivity index (χ2n) is 8.19. The normalized spacial score (nSPS) is 26.3. The average Bonchev–Trinajstić information content (AvgIpc) is 3.53. The minimum absolute atomic E-state index is 0.0885. The molecule has 2 atom stereocenters. The van der Waals surface area contributed by atoms with E-state index < -0.39 is 22.2 Å². The number of hydrogen-bond donors (Lipinski definition) is 0. The van der Waals surface area contributed by atoms with Gasteiger partial charge in [-0.2, -0.15) is 4.31 Å². The highest BCUT2D eigenvalue weighted by atomic mass is 32.2. The van der Waals surface area contributed by atoms with Crippen molar-refractivity contribution in [2.45, 2.75) is 42.7 Å². The third-order valence-corrected chi connectivity index (χ3v) is 7.83. The minimum atomic E-state index is -3.92. The standard InChI is InChI=1S/C20H27N3O5S/c1-21(2)19(24)13-23-15-9-11-22(20(25)14-7-8-14)12-10-16(15)28-17-5-3-4-6-18(17)29(23,26)27/h3-6,14-16H,7-13H2,1-2H3/t15-,16-/m1/s1. The van der Waals surface area contributed by atoms with Gasteiger partial charge in [-0.15, -0.1) is 0 Å². The maximum Gasteiger partial charge on any atom is 0.247 e. The van der Waals surface area contributed by atoms with E-state index in [4.69, 9.17) is 4.74 Å². The number of rotatable bonds is 3. The number of likely N-dealkylation sites (N-methyl/N-ethyl adjacent to an activating group) is 1. The van der Waals surface area contributed by atoms with Crippen molar-refractivity contribution in [1.29, 1.82) is 0 Å². The van der Waals surface area contributed by atoms with Gasteiger partial charge in [0.2, 0.25) is 21.8 Å². The Balaban J connectivity index is 1.69. The second kappa shape index (κ2) is 7.60. The summed E-state index contributed by atoms with van der Waals surface area (Å²) in [6.07, 6.45) is 2.42. The van der Waals surface area contributed by atoms with E-state index in [9.17, 15) is 18.0 Å². The molecule has 2 fully saturated rings. The van der Waals surface area contributed by atoms with Crippen molar-refractivity contribution in [3.05, 3.63) is 24.3 Å². The van der Waals surface area contributed by atoms with E-state index in [1.165, 1.54) is 15.3 Å². The van der Waals surface area contributed by atoms with Gasteiger partial charge in [0, 0.05) is 39.5 Å². The number of fused-ring (bicyclic) bond motifs is 2. The monoisotopic (exact) mass is 421 g/mol. The van der Waals surface area contributed by atoms with Gasteiger partial charge in [0.05, 0.1) is 12.6 Å². The number of hydrogen-bond acceptors (Lipinski definition) is 5. The Morgan fingerprint density at radius 2 is 1.79 bits per heavy atom. The molecular weight excluding hydrogens is 394 g/mol. The van der Waals surface area contributed by atoms with Gasteiger partial charge in [-0.25, -0.2) is 8.42 Å². The molecule has 3 aliphatic rings. The molecule has 0 spiro atoms. The second-order valence-corrected chi connectivity index (χ2v) is 10.0. The number of likely N-dealkylation sites (tertiary alicyclic amines) is 1. The maximum atomic E-state index is 13.5. The maximum absolute atomic E-state index is 13.5. The van der Waals surface area contributed by atoms with E-state index in [1.54, 1.807) is 32.3 Å². The van der Waals surface area contributed by atoms with Crippen molar-refractivity contribution < 1.29 is 22.7 Å². The lowest BCUT2D eigenvalue weighted by atomic mass is 10.1. The summed E-state index contributed by atoms with van der Waals surface area (Å²) in [6, 6.07) is 6.06. The summed E-state index contributed by atoms with van der Waals surface area (Å²) in [5.74, 6) is 0.293. The van der Waals surface area contributed by atoms with Gasteiger partial charge in [-0.1, -0.05) is 12.1 Å². The molecule has 0 bridgehead atoms. The molecule has 2 amide bonds. The zero-order chi connectivity index (χ0) is 20.8. The first-order valence-electron chi connectivity index (χ1n) is 10.1. The summed E-state index contributed by atoms with van der Waals surface area (Å²) in [4.78, 5) is 28.3. The number of benzene rings is 1. The van der Waals surface area contributed by atoms with Crippen LogP contribution in [0.1, 0.15) is 25.7 Å². The zero-order valence-corrected chi connectivity index (χ0v) is 17.6. The number of para-hydroxylation sites is 1. The Labute approximate surface area is 171 Å². The van der Waals surface area contributed by atoms with Crippen molar-refractivity contribution in [3.63, 3.8) is 0 Å². The Morgan fingerprint density at radius 1 is 1.10 bits per heavy atom. The highest BCUT2D eigenvalue weighted by Crippen LogP contribution is 2.37. The lowest BCUT2D eigenvalue weighted by Gasteiger charge is -2.31. The molecule has 2 heterocycles. The van der Waals surface area contributed by atoms with Gasteiger partial charge in [-0.3, -0.25) is 9.59 Å². The summed E-state index contributed by atoms with van der Waals surface area (Å²) in [7, 11) is -0.701. The first kappa shape index (κ1) is 20.2. The van der Waals surface area contributed by atoms with Crippen molar-refractivity contribution in [2.24, 2.45) is 5.92 Å². The number of ether oxygens (including phenoxy) is 1. The number of carbonyl (C=O) groups is 2. The van der Waals surface area contributed by atoms with Gasteiger partial charge in [0.15, 0.2) is 0 Å². The van der Waals surface area contributed by atoms with E-state index in [0.717, 1.165) is 12.8 Å². The van der Waals surface area contributed by atoms with Gasteiger partial charge in [-0.05, 0) is 31.4 Å². The van der Waals surface area contributed by atoms with Crippen LogP contribution >= 0.6 is 0 Å². The molecule has 1 saturated heterocycles. The van der Waals surface area contributed by atoms with Crippen LogP contribution in [0.5, 0.6) is 5.75 Å². The van der Waals surface area contributed by atoms with Crippen molar-refractivity contribution >= 4 is 21.8 Å². The summed E-state index contributed by atoms with van der Waals surface area (Å²) in [5, 5.41) is 0. The van der Waals surface area contributed by atoms with E-state index in [1.807, 2.05) is 4.90 Å². The number of carbonyl (C=O) groups excluding carboxylic acids is 2. The average molecular weight is 422 g/mol. The van der Waals surface area contributed by atoms with Crippen molar-refractivity contribution in [3.8, 4) is 5.75 Å². The highest BCUT2D eigenvalue weighted by Gasteiger charge is 2.45. The van der Waals surface area contributed by atoms with Crippen molar-refractivity contribution in [2.75, 3.05) is 33.7 Å². The Bertz CT molecular complexity index is 912. The molecule has 29 heavy (non-hydrogen) atoms. The van der Waals surface area contributed by atoms with Crippen LogP contribution in [-0.2, 0) is 19.6 Å². The van der Waals surface area contributed by atoms with E-state index >= 15 is 0 Å². The molecule has 8 nitrogen and oxygen atoms in total. The predicted molar refractivity (Wildman–Crippen MR) is 106 cm³/mol. The highest BCUT2D eigenvalue weighted by molar-refractivity contribution is 7.89. The van der Waals surface area contributed by atoms with Crippen LogP contribution < -0.4 is 4.74 Å². The predicted octanol–water partition coefficient (Wildman–Crippen LogP) is 0.928. The Morgan fingerprint density at radius 3 is 2.48 bits per heavy atom. The molecule has 0 radical (unpaired) electrons. The zero-order valence-electron chi connectivity index (χ0n) is 16.8. The molecule has 1 aliphatic carbocycles. The van der Waals surface area contributed by atoms with E-state index in [-0.39, 0.29) is 29.2 Å². The molecule has 1 aromatic carbocycles. The van der Waals surface area contributed by atoms with Gasteiger partial charge in [0.25, 0.3) is 0 Å². The van der Waals surface area contributed by atoms with E-state index in [0.29, 0.717) is 31.7 Å². The third kappa shape index (κ3) is 3.85. The van der Waals surface area contributed by atoms with Crippen LogP contribution in [0.4, 0.5) is 0 Å². The van der Waals surface area contributed by atoms with Crippen LogP contribution in [0.3, 0.4) is 0 Å². The van der Waals surface area contributed by atoms with E-state index in [2.05, 4.69) is 0 Å². The number of sulfonamides is 1. The van der Waals surface area contributed by atoms with Crippen LogP contribution in [-0.4, -0.2) is 80.2 Å². The van der Waals surface area contributed by atoms with Gasteiger partial charge >= 0.3 is 0 Å². The Kier molecular flexibility index (Phi) is 5.29. The molecule has 158 valence electrons. The fourth-order valence-electron chi connectivity index (χ4n) is 4.04. The lowest BCUT2D eigenvalue weighted by molar-refractivity contribution is -0.132. The van der Waals surface area contributed by atoms with Crippen LogP contribution in [0.2, 0.25) is 0 Å².